The van der Waals surface area contributed by atoms with Crippen LogP contribution in [0, 0.1) is 23.7 Å². The molecular weight excluding hydrogens is 757 g/mol. The highest BCUT2D eigenvalue weighted by molar-refractivity contribution is 7.21. The average Bonchev–Trinajstić information content (AvgIpc) is 4.03. The summed E-state index contributed by atoms with van der Waals surface area (Å²) in [4.78, 5) is 70.9. The summed E-state index contributed by atoms with van der Waals surface area (Å²) in [6.45, 7) is 13.1. The quantitative estimate of drug-likeness (QED) is 0.131. The molecule has 2 aliphatic rings. The Hall–Kier alpha value is -5.44. The van der Waals surface area contributed by atoms with E-state index in [-0.39, 0.29) is 47.6 Å². The Kier molecular flexibility index (Phi) is 11.5. The summed E-state index contributed by atoms with van der Waals surface area (Å²) in [5.74, 6) is 1.66. The molecule has 0 unspecified atom stereocenters. The van der Waals surface area contributed by atoms with Crippen molar-refractivity contribution in [2.24, 2.45) is 30.7 Å². The van der Waals surface area contributed by atoms with E-state index < -0.39 is 24.3 Å². The van der Waals surface area contributed by atoms with Gasteiger partial charge in [0.25, 0.3) is 0 Å². The minimum absolute atomic E-state index is 0.110. The first-order valence-electron chi connectivity index (χ1n) is 20.0. The number of methoxy groups -OCH3 is 2. The van der Waals surface area contributed by atoms with Crippen LogP contribution in [0.2, 0.25) is 0 Å². The molecule has 3 aromatic heterocycles. The van der Waals surface area contributed by atoms with E-state index >= 15 is 0 Å². The molecule has 58 heavy (non-hydrogen) atoms. The Labute approximate surface area is 342 Å². The standard InChI is InChI=1S/C43H54N8O6S/c1-22(2)35(46-42(54)56-8)40(52)50-20-24(5)16-32(50)37-44-30-19-34(58-39(30)48-37)27-12-10-26(11-13-27)28-14-15-29-31(18-28)49(7)38(45-29)33-17-25(6)21-51(33)41(53)36(23(3)4)47-43(55)57-9/h10-15,18-19,22-25,32-33,35-36H,16-17,20-21H2,1-9H3,(H,44,48)(H,46,54)(H,47,55)/t24-,25-,32-,33-,35-,36-/m0/s1. The lowest BCUT2D eigenvalue weighted by Crippen LogP contribution is -2.51. The minimum atomic E-state index is -0.702. The van der Waals surface area contributed by atoms with Gasteiger partial charge in [-0.05, 0) is 71.4 Å². The minimum Gasteiger partial charge on any atom is -0.453 e. The van der Waals surface area contributed by atoms with Gasteiger partial charge in [0.05, 0.1) is 42.9 Å². The SMILES string of the molecule is COC(=O)N[C@H](C(=O)N1C[C@@H](C)C[C@H]1c1nc2sc(-c3ccc(-c4ccc5nc([C@@H]6C[C@H](C)CN6C(=O)[C@@H](NC(=O)OC)C(C)C)n(C)c5c4)cc3)cc2[nH]1)C(C)C. The Morgan fingerprint density at radius 2 is 1.29 bits per heavy atom. The summed E-state index contributed by atoms with van der Waals surface area (Å²) >= 11 is 1.61. The number of alkyl carbamates (subject to hydrolysis) is 2. The van der Waals surface area contributed by atoms with Crippen molar-refractivity contribution in [3.8, 4) is 21.6 Å². The zero-order chi connectivity index (χ0) is 41.6. The maximum absolute atomic E-state index is 13.9. The van der Waals surface area contributed by atoms with Crippen molar-refractivity contribution in [2.45, 2.75) is 78.6 Å². The van der Waals surface area contributed by atoms with Gasteiger partial charge in [-0.1, -0.05) is 71.9 Å². The largest absolute Gasteiger partial charge is 0.453 e. The molecule has 308 valence electrons. The highest BCUT2D eigenvalue weighted by Crippen LogP contribution is 2.40. The van der Waals surface area contributed by atoms with Crippen LogP contribution in [0.1, 0.15) is 78.1 Å². The van der Waals surface area contributed by atoms with Crippen molar-refractivity contribution in [3.63, 3.8) is 0 Å². The van der Waals surface area contributed by atoms with Crippen LogP contribution in [0.3, 0.4) is 0 Å². The monoisotopic (exact) mass is 810 g/mol. The Balaban J connectivity index is 1.08. The number of aryl methyl sites for hydroxylation is 1. The van der Waals surface area contributed by atoms with E-state index in [1.165, 1.54) is 14.2 Å². The van der Waals surface area contributed by atoms with Gasteiger partial charge in [0.2, 0.25) is 11.8 Å². The van der Waals surface area contributed by atoms with E-state index in [1.807, 2.05) is 50.6 Å². The fourth-order valence-electron chi connectivity index (χ4n) is 8.48. The first-order chi connectivity index (χ1) is 27.7. The summed E-state index contributed by atoms with van der Waals surface area (Å²) in [7, 11) is 4.60. The van der Waals surface area contributed by atoms with Gasteiger partial charge in [0.15, 0.2) is 0 Å². The van der Waals surface area contributed by atoms with E-state index in [1.54, 1.807) is 11.3 Å². The van der Waals surface area contributed by atoms with E-state index in [4.69, 9.17) is 19.4 Å². The first-order valence-corrected chi connectivity index (χ1v) is 20.8. The zero-order valence-electron chi connectivity index (χ0n) is 34.7. The second kappa shape index (κ2) is 16.4. The molecule has 6 atom stereocenters. The predicted octanol–water partition coefficient (Wildman–Crippen LogP) is 7.43. The highest BCUT2D eigenvalue weighted by Gasteiger charge is 2.42. The number of nitrogens with zero attached hydrogens (tertiary/aromatic N) is 5. The maximum atomic E-state index is 13.9. The summed E-state index contributed by atoms with van der Waals surface area (Å²) in [5, 5.41) is 5.46. The topological polar surface area (TPSA) is 164 Å². The Bertz CT molecular complexity index is 2300. The van der Waals surface area contributed by atoms with E-state index in [0.29, 0.717) is 13.1 Å². The van der Waals surface area contributed by atoms with Gasteiger partial charge in [-0.15, -0.1) is 11.3 Å². The van der Waals surface area contributed by atoms with Crippen molar-refractivity contribution in [1.29, 1.82) is 0 Å². The van der Waals surface area contributed by atoms with Crippen LogP contribution >= 0.6 is 11.3 Å². The molecule has 2 aromatic carbocycles. The molecule has 7 rings (SSSR count). The molecule has 2 saturated heterocycles. The molecule has 2 fully saturated rings. The van der Waals surface area contributed by atoms with Gasteiger partial charge < -0.3 is 39.5 Å². The molecular formula is C43H54N8O6S. The maximum Gasteiger partial charge on any atom is 0.407 e. The van der Waals surface area contributed by atoms with Gasteiger partial charge in [0, 0.05) is 25.0 Å². The van der Waals surface area contributed by atoms with E-state index in [2.05, 4.69) is 76.5 Å². The number of carbonyl (C=O) groups is 4. The van der Waals surface area contributed by atoms with Crippen LogP contribution in [0.4, 0.5) is 9.59 Å². The van der Waals surface area contributed by atoms with Crippen LogP contribution in [0.5, 0.6) is 0 Å². The summed E-state index contributed by atoms with van der Waals surface area (Å²) in [5.41, 5.74) is 5.95. The number of benzene rings is 2. The van der Waals surface area contributed by atoms with Crippen LogP contribution in [-0.2, 0) is 26.1 Å². The second-order valence-corrected chi connectivity index (χ2v) is 17.7. The lowest BCUT2D eigenvalue weighted by Gasteiger charge is -2.30. The third kappa shape index (κ3) is 7.88. The molecule has 3 N–H and O–H groups in total. The summed E-state index contributed by atoms with van der Waals surface area (Å²) in [6, 6.07) is 15.0. The number of rotatable bonds is 10. The molecule has 5 aromatic rings. The van der Waals surface area contributed by atoms with Crippen molar-refractivity contribution in [1.82, 2.24) is 40.0 Å². The van der Waals surface area contributed by atoms with Crippen LogP contribution in [0.15, 0.2) is 48.5 Å². The Morgan fingerprint density at radius 3 is 1.84 bits per heavy atom. The molecule has 0 aliphatic carbocycles. The first kappa shape index (κ1) is 40.7. The molecule has 0 bridgehead atoms. The van der Waals surface area contributed by atoms with Gasteiger partial charge in [-0.25, -0.2) is 19.6 Å². The molecule has 5 heterocycles. The lowest BCUT2D eigenvalue weighted by molar-refractivity contribution is -0.136. The smallest absolute Gasteiger partial charge is 0.407 e. The van der Waals surface area contributed by atoms with Crippen molar-refractivity contribution >= 4 is 56.7 Å². The molecule has 2 aliphatic heterocycles. The molecule has 15 heteroatoms. The molecule has 4 amide bonds. The Morgan fingerprint density at radius 1 is 0.759 bits per heavy atom. The van der Waals surface area contributed by atoms with Crippen LogP contribution in [-0.4, -0.2) is 92.7 Å². The van der Waals surface area contributed by atoms with Gasteiger partial charge >= 0.3 is 12.2 Å². The number of likely N-dealkylation sites (tertiary alicyclic amines) is 2. The summed E-state index contributed by atoms with van der Waals surface area (Å²) < 4.78 is 11.7. The second-order valence-electron chi connectivity index (χ2n) is 16.7. The molecule has 14 nitrogen and oxygen atoms in total. The number of fused-ring (bicyclic) bond motifs is 2. The van der Waals surface area contributed by atoms with Gasteiger partial charge in [0.1, 0.15) is 28.6 Å². The van der Waals surface area contributed by atoms with Crippen LogP contribution < -0.4 is 10.6 Å². The normalized spacial score (nSPS) is 20.6. The van der Waals surface area contributed by atoms with Crippen molar-refractivity contribution < 1.29 is 28.7 Å². The number of nitrogens with one attached hydrogen (secondary N) is 3. The number of imidazole rings is 2. The number of hydrogen-bond acceptors (Lipinski definition) is 9. The van der Waals surface area contributed by atoms with Gasteiger partial charge in [-0.3, -0.25) is 9.59 Å². The number of aromatic amines is 1. The number of thiophene rings is 1. The van der Waals surface area contributed by atoms with Crippen molar-refractivity contribution in [2.75, 3.05) is 27.3 Å². The third-order valence-corrected chi connectivity index (χ3v) is 12.7. The third-order valence-electron chi connectivity index (χ3n) is 11.6. The molecule has 0 saturated carbocycles. The lowest BCUT2D eigenvalue weighted by atomic mass is 10.0. The summed E-state index contributed by atoms with van der Waals surface area (Å²) in [6.07, 6.45) is 0.316. The molecule has 0 spiro atoms. The van der Waals surface area contributed by atoms with Crippen LogP contribution in [0.25, 0.3) is 42.9 Å². The number of H-pyrrole nitrogens is 1. The van der Waals surface area contributed by atoms with E-state index in [0.717, 1.165) is 67.4 Å². The fraction of sp³-hybridized carbons (Fsp3) is 0.488. The number of hydrogen-bond donors (Lipinski definition) is 3. The number of carbonyl (C=O) groups excluding carboxylic acids is 4. The average molecular weight is 811 g/mol. The molecule has 0 radical (unpaired) electrons. The number of aromatic nitrogens is 4. The van der Waals surface area contributed by atoms with E-state index in [9.17, 15) is 19.2 Å². The number of amides is 4. The number of ether oxygens (including phenoxy) is 2. The predicted molar refractivity (Wildman–Crippen MR) is 224 cm³/mol. The van der Waals surface area contributed by atoms with Crippen molar-refractivity contribution in [3.05, 3.63) is 60.2 Å². The highest BCUT2D eigenvalue weighted by atomic mass is 32.1. The zero-order valence-corrected chi connectivity index (χ0v) is 35.5. The fourth-order valence-corrected chi connectivity index (χ4v) is 9.48. The van der Waals surface area contributed by atoms with Gasteiger partial charge in [-0.2, -0.15) is 0 Å².